The van der Waals surface area contributed by atoms with Gasteiger partial charge in [-0.1, -0.05) is 90.7 Å². The van der Waals surface area contributed by atoms with Crippen molar-refractivity contribution in [2.24, 2.45) is 0 Å². The van der Waals surface area contributed by atoms with Gasteiger partial charge in [0.25, 0.3) is 0 Å². The summed E-state index contributed by atoms with van der Waals surface area (Å²) in [6.07, 6.45) is 0. The molecule has 0 bridgehead atoms. The van der Waals surface area contributed by atoms with Gasteiger partial charge in [-0.15, -0.1) is 0 Å². The third-order valence-corrected chi connectivity index (χ3v) is 10.3. The van der Waals surface area contributed by atoms with E-state index in [4.69, 9.17) is 0 Å². The summed E-state index contributed by atoms with van der Waals surface area (Å²) in [6.45, 7) is 2.42. The summed E-state index contributed by atoms with van der Waals surface area (Å²) >= 11 is 10.6. The molecule has 0 atom stereocenters. The van der Waals surface area contributed by atoms with E-state index in [1.807, 2.05) is 0 Å². The average Bonchev–Trinajstić information content (AvgIpc) is 2.56. The highest BCUT2D eigenvalue weighted by atomic mass is 79.9. The first kappa shape index (κ1) is 17.2. The first-order valence-electron chi connectivity index (χ1n) is 7.28. The molecule has 0 aliphatic heterocycles. The molecule has 0 N–H and O–H groups in total. The quantitative estimate of drug-likeness (QED) is 0.341. The fourth-order valence-corrected chi connectivity index (χ4v) is 7.14. The Balaban J connectivity index is 2.21. The lowest BCUT2D eigenvalue weighted by Gasteiger charge is -2.29. The molecule has 0 spiro atoms. The standard InChI is InChI=1S/C19H15Br3Si/c1-23(17-8-2-14(20)3-9-17,18-10-4-15(21)5-11-18)19-12-6-16(22)7-13-19/h2-13H,1H3. The van der Waals surface area contributed by atoms with Crippen LogP contribution in [0.5, 0.6) is 0 Å². The zero-order valence-corrected chi connectivity index (χ0v) is 18.3. The summed E-state index contributed by atoms with van der Waals surface area (Å²) in [5.41, 5.74) is 0. The molecule has 0 fully saturated rings. The zero-order chi connectivity index (χ0) is 16.4. The van der Waals surface area contributed by atoms with Gasteiger partial charge in [0.2, 0.25) is 0 Å². The first-order chi connectivity index (χ1) is 11.0. The monoisotopic (exact) mass is 508 g/mol. The average molecular weight is 511 g/mol. The van der Waals surface area contributed by atoms with E-state index < -0.39 is 8.07 Å². The molecule has 3 rings (SSSR count). The molecule has 0 aromatic heterocycles. The summed E-state index contributed by atoms with van der Waals surface area (Å²) in [6, 6.07) is 26.3. The Morgan fingerprint density at radius 1 is 0.478 bits per heavy atom. The van der Waals surface area contributed by atoms with Crippen LogP contribution in [0.2, 0.25) is 6.55 Å². The molecule has 0 aliphatic rings. The molecule has 0 saturated carbocycles. The zero-order valence-electron chi connectivity index (χ0n) is 12.6. The van der Waals surface area contributed by atoms with Gasteiger partial charge < -0.3 is 0 Å². The highest BCUT2D eigenvalue weighted by Gasteiger charge is 2.33. The van der Waals surface area contributed by atoms with Crippen LogP contribution in [0, 0.1) is 0 Å². The Labute approximate surface area is 163 Å². The molecular weight excluding hydrogens is 496 g/mol. The van der Waals surface area contributed by atoms with E-state index in [9.17, 15) is 0 Å². The van der Waals surface area contributed by atoms with Crippen LogP contribution in [-0.2, 0) is 0 Å². The molecule has 0 nitrogen and oxygen atoms in total. The molecule has 0 saturated heterocycles. The van der Waals surface area contributed by atoms with E-state index in [1.165, 1.54) is 15.6 Å². The molecule has 0 heterocycles. The highest BCUT2D eigenvalue weighted by Crippen LogP contribution is 2.15. The van der Waals surface area contributed by atoms with Gasteiger partial charge in [-0.05, 0) is 52.0 Å². The van der Waals surface area contributed by atoms with Crippen LogP contribution >= 0.6 is 47.8 Å². The van der Waals surface area contributed by atoms with Gasteiger partial charge in [0.15, 0.2) is 0 Å². The van der Waals surface area contributed by atoms with Gasteiger partial charge in [-0.3, -0.25) is 0 Å². The maximum atomic E-state index is 3.55. The predicted molar refractivity (Wildman–Crippen MR) is 113 cm³/mol. The lowest BCUT2D eigenvalue weighted by atomic mass is 10.3. The summed E-state index contributed by atoms with van der Waals surface area (Å²) in [5.74, 6) is 0. The first-order valence-corrected chi connectivity index (χ1v) is 12.2. The number of halogens is 3. The van der Waals surface area contributed by atoms with E-state index in [1.54, 1.807) is 0 Å². The van der Waals surface area contributed by atoms with Crippen LogP contribution in [0.25, 0.3) is 0 Å². The van der Waals surface area contributed by atoms with E-state index in [0.717, 1.165) is 13.4 Å². The van der Waals surface area contributed by atoms with Crippen LogP contribution in [-0.4, -0.2) is 8.07 Å². The van der Waals surface area contributed by atoms with Crippen molar-refractivity contribution in [3.63, 3.8) is 0 Å². The van der Waals surface area contributed by atoms with Crippen molar-refractivity contribution in [3.05, 3.63) is 86.2 Å². The third-order valence-electron chi connectivity index (χ3n) is 4.26. The Morgan fingerprint density at radius 2 is 0.696 bits per heavy atom. The molecule has 0 aliphatic carbocycles. The van der Waals surface area contributed by atoms with Crippen molar-refractivity contribution in [2.45, 2.75) is 6.55 Å². The smallest absolute Gasteiger partial charge is 0.0611 e. The van der Waals surface area contributed by atoms with Gasteiger partial charge in [0.05, 0.1) is 0 Å². The number of hydrogen-bond donors (Lipinski definition) is 0. The Morgan fingerprint density at radius 3 is 0.913 bits per heavy atom. The van der Waals surface area contributed by atoms with Crippen LogP contribution < -0.4 is 15.6 Å². The van der Waals surface area contributed by atoms with Gasteiger partial charge in [-0.2, -0.15) is 0 Å². The minimum absolute atomic E-state index is 1.12. The van der Waals surface area contributed by atoms with Crippen LogP contribution in [0.15, 0.2) is 86.2 Å². The van der Waals surface area contributed by atoms with Crippen molar-refractivity contribution in [1.29, 1.82) is 0 Å². The maximum absolute atomic E-state index is 3.55. The van der Waals surface area contributed by atoms with E-state index in [2.05, 4.69) is 127 Å². The maximum Gasteiger partial charge on any atom is 0.145 e. The fourth-order valence-electron chi connectivity index (χ4n) is 2.85. The SMILES string of the molecule is C[Si](c1ccc(Br)cc1)(c1ccc(Br)cc1)c1ccc(Br)cc1. The summed E-state index contributed by atoms with van der Waals surface area (Å²) in [4.78, 5) is 0. The van der Waals surface area contributed by atoms with Crippen molar-refractivity contribution >= 4 is 71.4 Å². The molecular formula is C19H15Br3Si. The topological polar surface area (TPSA) is 0 Å². The van der Waals surface area contributed by atoms with Crippen molar-refractivity contribution in [2.75, 3.05) is 0 Å². The Kier molecular flexibility index (Phi) is 5.26. The molecule has 116 valence electrons. The minimum Gasteiger partial charge on any atom is -0.0611 e. The van der Waals surface area contributed by atoms with Gasteiger partial charge in [-0.25, -0.2) is 0 Å². The van der Waals surface area contributed by atoms with Gasteiger partial charge in [0.1, 0.15) is 8.07 Å². The highest BCUT2D eigenvalue weighted by molar-refractivity contribution is 9.11. The van der Waals surface area contributed by atoms with Gasteiger partial charge in [0, 0.05) is 13.4 Å². The second-order valence-electron chi connectivity index (χ2n) is 5.65. The molecule has 23 heavy (non-hydrogen) atoms. The van der Waals surface area contributed by atoms with Crippen molar-refractivity contribution in [1.82, 2.24) is 0 Å². The molecule has 3 aromatic carbocycles. The van der Waals surface area contributed by atoms with Crippen molar-refractivity contribution in [3.8, 4) is 0 Å². The largest absolute Gasteiger partial charge is 0.145 e. The predicted octanol–water partition coefficient (Wildman–Crippen LogP) is 5.07. The molecule has 4 heteroatoms. The summed E-state index contributed by atoms with van der Waals surface area (Å²) < 4.78 is 3.35. The molecule has 0 amide bonds. The second kappa shape index (κ2) is 7.05. The second-order valence-corrected chi connectivity index (χ2v) is 12.4. The summed E-state index contributed by atoms with van der Waals surface area (Å²) in [7, 11) is -2.01. The number of benzene rings is 3. The fraction of sp³-hybridized carbons (Fsp3) is 0.0526. The Hall–Kier alpha value is -0.683. The third kappa shape index (κ3) is 3.55. The van der Waals surface area contributed by atoms with E-state index >= 15 is 0 Å². The lowest BCUT2D eigenvalue weighted by Crippen LogP contribution is -2.64. The van der Waals surface area contributed by atoms with Gasteiger partial charge >= 0.3 is 0 Å². The molecule has 0 radical (unpaired) electrons. The summed E-state index contributed by atoms with van der Waals surface area (Å²) in [5, 5.41) is 4.22. The minimum atomic E-state index is -2.01. The lowest BCUT2D eigenvalue weighted by molar-refractivity contribution is 1.62. The van der Waals surface area contributed by atoms with Crippen LogP contribution in [0.4, 0.5) is 0 Å². The normalized spacial score (nSPS) is 11.5. The molecule has 0 unspecified atom stereocenters. The van der Waals surface area contributed by atoms with E-state index in [0.29, 0.717) is 0 Å². The Bertz CT molecular complexity index is 683. The van der Waals surface area contributed by atoms with Crippen LogP contribution in [0.1, 0.15) is 0 Å². The molecule has 3 aromatic rings. The van der Waals surface area contributed by atoms with Crippen molar-refractivity contribution < 1.29 is 0 Å². The van der Waals surface area contributed by atoms with E-state index in [-0.39, 0.29) is 0 Å². The number of rotatable bonds is 3. The number of hydrogen-bond acceptors (Lipinski definition) is 0. The van der Waals surface area contributed by atoms with Crippen LogP contribution in [0.3, 0.4) is 0 Å².